The summed E-state index contributed by atoms with van der Waals surface area (Å²) in [5.41, 5.74) is 1.38. The number of fused-ring (bicyclic) bond motifs is 1. The van der Waals surface area contributed by atoms with Gasteiger partial charge in [0.05, 0.1) is 29.8 Å². The number of ether oxygens (including phenoxy) is 1. The SMILES string of the molecule is Cc1nc(=O)c2sc(N3CCOCC3)nc2n1Cc1ccc(Cl)c(Cl)c1. The number of morpholine rings is 1. The van der Waals surface area contributed by atoms with E-state index in [1.807, 2.05) is 23.6 Å². The molecule has 0 bridgehead atoms. The fourth-order valence-electron chi connectivity index (χ4n) is 2.93. The van der Waals surface area contributed by atoms with Crippen LogP contribution in [0, 0.1) is 6.92 Å². The third-order valence-corrected chi connectivity index (χ3v) is 6.14. The van der Waals surface area contributed by atoms with Gasteiger partial charge < -0.3 is 14.2 Å². The Morgan fingerprint density at radius 1 is 1.19 bits per heavy atom. The number of rotatable bonds is 3. The van der Waals surface area contributed by atoms with Crippen molar-refractivity contribution in [3.63, 3.8) is 0 Å². The van der Waals surface area contributed by atoms with Crippen molar-refractivity contribution in [3.8, 4) is 0 Å². The Morgan fingerprint density at radius 2 is 1.96 bits per heavy atom. The molecule has 0 N–H and O–H groups in total. The number of aromatic nitrogens is 3. The highest BCUT2D eigenvalue weighted by Gasteiger charge is 2.19. The van der Waals surface area contributed by atoms with Crippen LogP contribution in [0.15, 0.2) is 23.0 Å². The second-order valence-corrected chi connectivity index (χ2v) is 7.84. The Hall–Kier alpha value is -1.67. The molecule has 1 saturated heterocycles. The standard InChI is InChI=1S/C17H16Cl2N4O2S/c1-10-20-16(24)14-15(21-17(26-14)22-4-6-25-7-5-22)23(10)9-11-2-3-12(18)13(19)8-11/h2-3,8H,4-7,9H2,1H3. The zero-order valence-electron chi connectivity index (χ0n) is 14.0. The molecular formula is C17H16Cl2N4O2S. The van der Waals surface area contributed by atoms with Crippen molar-refractivity contribution in [1.82, 2.24) is 14.5 Å². The second-order valence-electron chi connectivity index (χ2n) is 6.05. The van der Waals surface area contributed by atoms with Gasteiger partial charge >= 0.3 is 0 Å². The summed E-state index contributed by atoms with van der Waals surface area (Å²) >= 11 is 13.5. The average molecular weight is 411 g/mol. The van der Waals surface area contributed by atoms with Crippen molar-refractivity contribution in [2.75, 3.05) is 31.2 Å². The fourth-order valence-corrected chi connectivity index (χ4v) is 4.26. The number of nitrogens with zero attached hydrogens (tertiary/aromatic N) is 4. The average Bonchev–Trinajstić information content (AvgIpc) is 3.08. The smallest absolute Gasteiger partial charge is 0.292 e. The molecule has 0 unspecified atom stereocenters. The summed E-state index contributed by atoms with van der Waals surface area (Å²) in [5, 5.41) is 1.84. The molecule has 0 saturated carbocycles. The van der Waals surface area contributed by atoms with Crippen LogP contribution in [0.2, 0.25) is 10.0 Å². The zero-order chi connectivity index (χ0) is 18.3. The Kier molecular flexibility index (Phi) is 4.88. The van der Waals surface area contributed by atoms with E-state index in [9.17, 15) is 4.79 Å². The van der Waals surface area contributed by atoms with Crippen LogP contribution < -0.4 is 10.5 Å². The summed E-state index contributed by atoms with van der Waals surface area (Å²) < 4.78 is 7.90. The van der Waals surface area contributed by atoms with E-state index in [0.29, 0.717) is 46.0 Å². The molecule has 3 heterocycles. The summed E-state index contributed by atoms with van der Waals surface area (Å²) in [6.45, 7) is 5.20. The molecule has 6 nitrogen and oxygen atoms in total. The van der Waals surface area contributed by atoms with Gasteiger partial charge in [0.1, 0.15) is 10.5 Å². The number of hydrogen-bond acceptors (Lipinski definition) is 6. The first-order valence-electron chi connectivity index (χ1n) is 8.17. The largest absolute Gasteiger partial charge is 0.378 e. The van der Waals surface area contributed by atoms with E-state index in [0.717, 1.165) is 23.8 Å². The highest BCUT2D eigenvalue weighted by Crippen LogP contribution is 2.28. The molecule has 0 spiro atoms. The van der Waals surface area contributed by atoms with Crippen molar-refractivity contribution in [2.24, 2.45) is 0 Å². The summed E-state index contributed by atoms with van der Waals surface area (Å²) in [4.78, 5) is 23.4. The molecular weight excluding hydrogens is 395 g/mol. The van der Waals surface area contributed by atoms with Gasteiger partial charge in [0, 0.05) is 13.1 Å². The van der Waals surface area contributed by atoms with Gasteiger partial charge in [0.2, 0.25) is 0 Å². The van der Waals surface area contributed by atoms with Crippen LogP contribution in [-0.2, 0) is 11.3 Å². The molecule has 3 aromatic rings. The number of aryl methyl sites for hydroxylation is 1. The Balaban J connectivity index is 1.78. The molecule has 26 heavy (non-hydrogen) atoms. The minimum Gasteiger partial charge on any atom is -0.378 e. The van der Waals surface area contributed by atoms with Crippen molar-refractivity contribution in [1.29, 1.82) is 0 Å². The Labute approximate surface area is 164 Å². The molecule has 1 aliphatic rings. The lowest BCUT2D eigenvalue weighted by Gasteiger charge is -2.25. The van der Waals surface area contributed by atoms with Crippen LogP contribution in [0.5, 0.6) is 0 Å². The number of hydrogen-bond donors (Lipinski definition) is 0. The number of thiazole rings is 1. The van der Waals surface area contributed by atoms with Gasteiger partial charge in [-0.2, -0.15) is 4.98 Å². The van der Waals surface area contributed by atoms with Crippen LogP contribution in [0.25, 0.3) is 10.3 Å². The highest BCUT2D eigenvalue weighted by atomic mass is 35.5. The molecule has 136 valence electrons. The summed E-state index contributed by atoms with van der Waals surface area (Å²) in [5.74, 6) is 0.618. The first-order chi connectivity index (χ1) is 12.5. The lowest BCUT2D eigenvalue weighted by molar-refractivity contribution is 0.122. The molecule has 1 aromatic carbocycles. The monoisotopic (exact) mass is 410 g/mol. The normalized spacial score (nSPS) is 15.0. The van der Waals surface area contributed by atoms with Crippen LogP contribution in [0.3, 0.4) is 0 Å². The minimum absolute atomic E-state index is 0.236. The molecule has 2 aromatic heterocycles. The van der Waals surface area contributed by atoms with Gasteiger partial charge in [-0.25, -0.2) is 4.98 Å². The quantitative estimate of drug-likeness (QED) is 0.662. The van der Waals surface area contributed by atoms with Crippen LogP contribution in [0.1, 0.15) is 11.4 Å². The van der Waals surface area contributed by atoms with E-state index >= 15 is 0 Å². The van der Waals surface area contributed by atoms with E-state index in [2.05, 4.69) is 9.88 Å². The first kappa shape index (κ1) is 17.7. The van der Waals surface area contributed by atoms with Crippen LogP contribution in [-0.4, -0.2) is 40.8 Å². The predicted molar refractivity (Wildman–Crippen MR) is 105 cm³/mol. The van der Waals surface area contributed by atoms with E-state index in [4.69, 9.17) is 32.9 Å². The fraction of sp³-hybridized carbons (Fsp3) is 0.353. The number of benzene rings is 1. The molecule has 1 aliphatic heterocycles. The van der Waals surface area contributed by atoms with E-state index in [1.165, 1.54) is 11.3 Å². The number of halogens is 2. The van der Waals surface area contributed by atoms with Gasteiger partial charge in [0.15, 0.2) is 10.8 Å². The molecule has 1 fully saturated rings. The van der Waals surface area contributed by atoms with Gasteiger partial charge in [-0.1, -0.05) is 40.6 Å². The molecule has 0 amide bonds. The topological polar surface area (TPSA) is 60.3 Å². The third-order valence-electron chi connectivity index (χ3n) is 4.31. The van der Waals surface area contributed by atoms with Gasteiger partial charge in [-0.3, -0.25) is 4.79 Å². The maximum atomic E-state index is 12.4. The lowest BCUT2D eigenvalue weighted by atomic mass is 10.2. The maximum absolute atomic E-state index is 12.4. The number of anilines is 1. The van der Waals surface area contributed by atoms with Crippen LogP contribution >= 0.6 is 34.5 Å². The first-order valence-corrected chi connectivity index (χ1v) is 9.75. The van der Waals surface area contributed by atoms with Crippen molar-refractivity contribution in [2.45, 2.75) is 13.5 Å². The Bertz CT molecular complexity index is 1030. The van der Waals surface area contributed by atoms with E-state index in [1.54, 1.807) is 6.07 Å². The van der Waals surface area contributed by atoms with Crippen molar-refractivity contribution in [3.05, 3.63) is 50.0 Å². The lowest BCUT2D eigenvalue weighted by Crippen LogP contribution is -2.36. The van der Waals surface area contributed by atoms with Gasteiger partial charge in [-0.15, -0.1) is 0 Å². The van der Waals surface area contributed by atoms with E-state index < -0.39 is 0 Å². The summed E-state index contributed by atoms with van der Waals surface area (Å²) in [6, 6.07) is 5.50. The molecule has 9 heteroatoms. The van der Waals surface area contributed by atoms with Crippen LogP contribution in [0.4, 0.5) is 5.13 Å². The van der Waals surface area contributed by atoms with Gasteiger partial charge in [0.25, 0.3) is 5.56 Å². The van der Waals surface area contributed by atoms with Gasteiger partial charge in [-0.05, 0) is 24.6 Å². The minimum atomic E-state index is -0.236. The molecule has 0 atom stereocenters. The van der Waals surface area contributed by atoms with Crippen molar-refractivity contribution >= 4 is 50.0 Å². The third kappa shape index (κ3) is 3.32. The Morgan fingerprint density at radius 3 is 2.69 bits per heavy atom. The maximum Gasteiger partial charge on any atom is 0.292 e. The molecule has 0 aliphatic carbocycles. The summed E-state index contributed by atoms with van der Waals surface area (Å²) in [7, 11) is 0. The highest BCUT2D eigenvalue weighted by molar-refractivity contribution is 7.22. The zero-order valence-corrected chi connectivity index (χ0v) is 16.4. The molecule has 4 rings (SSSR count). The van der Waals surface area contributed by atoms with Crippen molar-refractivity contribution < 1.29 is 4.74 Å². The molecule has 0 radical (unpaired) electrons. The predicted octanol–water partition coefficient (Wildman–Crippen LogP) is 3.35. The second kappa shape index (κ2) is 7.15. The summed E-state index contributed by atoms with van der Waals surface area (Å²) in [6.07, 6.45) is 0. The van der Waals surface area contributed by atoms with E-state index in [-0.39, 0.29) is 5.56 Å².